The van der Waals surface area contributed by atoms with Gasteiger partial charge < -0.3 is 10.1 Å². The number of benzene rings is 3. The van der Waals surface area contributed by atoms with Gasteiger partial charge in [-0.15, -0.1) is 0 Å². The highest BCUT2D eigenvalue weighted by Crippen LogP contribution is 2.35. The van der Waals surface area contributed by atoms with Crippen molar-refractivity contribution >= 4 is 28.8 Å². The van der Waals surface area contributed by atoms with E-state index >= 15 is 0 Å². The molecule has 3 aromatic rings. The minimum absolute atomic E-state index is 0.206. The van der Waals surface area contributed by atoms with Gasteiger partial charge in [-0.05, 0) is 67.4 Å². The molecule has 0 spiro atoms. The number of anilines is 2. The van der Waals surface area contributed by atoms with Gasteiger partial charge in [0.15, 0.2) is 0 Å². The molecule has 0 atom stereocenters. The summed E-state index contributed by atoms with van der Waals surface area (Å²) in [6.07, 6.45) is 0. The maximum atomic E-state index is 13.5. The van der Waals surface area contributed by atoms with Gasteiger partial charge >= 0.3 is 0 Å². The van der Waals surface area contributed by atoms with E-state index in [-0.39, 0.29) is 11.3 Å². The van der Waals surface area contributed by atoms with E-state index in [0.717, 1.165) is 16.2 Å². The Kier molecular flexibility index (Phi) is 5.73. The summed E-state index contributed by atoms with van der Waals surface area (Å²) in [5.41, 5.74) is 3.65. The summed E-state index contributed by atoms with van der Waals surface area (Å²) in [5.74, 6) is -0.196. The molecule has 1 aliphatic rings. The average molecular weight is 423 g/mol. The molecule has 0 aliphatic carbocycles. The van der Waals surface area contributed by atoms with Crippen LogP contribution in [0.15, 0.2) is 78.5 Å². The zero-order valence-electron chi connectivity index (χ0n) is 17.8. The van der Waals surface area contributed by atoms with Crippen LogP contribution in [0.5, 0.6) is 5.75 Å². The standard InChI is InChI=1S/C26H21N3O3/c1-3-32-21-14-10-19(11-15-21)23-24(28-22-7-5-4-6-17(22)2)26(31)29(25(23)30)20-12-8-18(16-27)9-13-20/h4-15,28H,3H2,1-2H3. The normalized spacial score (nSPS) is 13.3. The van der Waals surface area contributed by atoms with Crippen LogP contribution in [-0.4, -0.2) is 18.4 Å². The first kappa shape index (κ1) is 20.9. The van der Waals surface area contributed by atoms with Gasteiger partial charge in [0.05, 0.1) is 29.5 Å². The van der Waals surface area contributed by atoms with Crippen LogP contribution < -0.4 is 15.0 Å². The van der Waals surface area contributed by atoms with Gasteiger partial charge in [-0.3, -0.25) is 9.59 Å². The third-order valence-electron chi connectivity index (χ3n) is 5.20. The molecular weight excluding hydrogens is 402 g/mol. The van der Waals surface area contributed by atoms with E-state index in [1.54, 1.807) is 48.5 Å². The number of nitrogens with zero attached hydrogens (tertiary/aromatic N) is 2. The van der Waals surface area contributed by atoms with Crippen molar-refractivity contribution in [3.63, 3.8) is 0 Å². The molecule has 4 rings (SSSR count). The van der Waals surface area contributed by atoms with Gasteiger partial charge in [0, 0.05) is 5.69 Å². The summed E-state index contributed by atoms with van der Waals surface area (Å²) in [6, 6.07) is 23.1. The van der Waals surface area contributed by atoms with Crippen LogP contribution in [0.2, 0.25) is 0 Å². The zero-order chi connectivity index (χ0) is 22.7. The molecule has 1 heterocycles. The molecule has 3 aromatic carbocycles. The number of hydrogen-bond acceptors (Lipinski definition) is 5. The van der Waals surface area contributed by atoms with E-state index < -0.39 is 11.8 Å². The Morgan fingerprint density at radius 1 is 0.938 bits per heavy atom. The van der Waals surface area contributed by atoms with Gasteiger partial charge in [-0.2, -0.15) is 5.26 Å². The molecule has 6 heteroatoms. The van der Waals surface area contributed by atoms with Crippen molar-refractivity contribution in [3.8, 4) is 11.8 Å². The molecule has 0 aromatic heterocycles. The maximum absolute atomic E-state index is 13.5. The Morgan fingerprint density at radius 2 is 1.62 bits per heavy atom. The number of nitrogens with one attached hydrogen (secondary N) is 1. The lowest BCUT2D eigenvalue weighted by Gasteiger charge is -2.15. The highest BCUT2D eigenvalue weighted by Gasteiger charge is 2.40. The van der Waals surface area contributed by atoms with Crippen molar-refractivity contribution in [2.24, 2.45) is 0 Å². The van der Waals surface area contributed by atoms with Crippen LogP contribution in [0, 0.1) is 18.3 Å². The lowest BCUT2D eigenvalue weighted by molar-refractivity contribution is -0.120. The van der Waals surface area contributed by atoms with Crippen LogP contribution in [0.3, 0.4) is 0 Å². The van der Waals surface area contributed by atoms with Gasteiger partial charge in [-0.1, -0.05) is 30.3 Å². The fourth-order valence-corrected chi connectivity index (χ4v) is 3.57. The summed E-state index contributed by atoms with van der Waals surface area (Å²) in [4.78, 5) is 28.0. The van der Waals surface area contributed by atoms with E-state index in [4.69, 9.17) is 10.00 Å². The highest BCUT2D eigenvalue weighted by atomic mass is 16.5. The fraction of sp³-hybridized carbons (Fsp3) is 0.115. The summed E-state index contributed by atoms with van der Waals surface area (Å²) >= 11 is 0. The first-order valence-corrected chi connectivity index (χ1v) is 10.2. The predicted octanol–water partition coefficient (Wildman–Crippen LogP) is 4.66. The minimum Gasteiger partial charge on any atom is -0.494 e. The largest absolute Gasteiger partial charge is 0.494 e. The van der Waals surface area contributed by atoms with Crippen LogP contribution in [0.25, 0.3) is 5.57 Å². The van der Waals surface area contributed by atoms with Crippen LogP contribution in [-0.2, 0) is 9.59 Å². The monoisotopic (exact) mass is 423 g/mol. The molecule has 2 amide bonds. The van der Waals surface area contributed by atoms with Gasteiger partial charge in [0.2, 0.25) is 0 Å². The Hall–Kier alpha value is -4.37. The molecule has 158 valence electrons. The van der Waals surface area contributed by atoms with Crippen LogP contribution in [0.1, 0.15) is 23.6 Å². The Morgan fingerprint density at radius 3 is 2.25 bits per heavy atom. The molecule has 0 fully saturated rings. The van der Waals surface area contributed by atoms with Gasteiger partial charge in [0.1, 0.15) is 11.4 Å². The zero-order valence-corrected chi connectivity index (χ0v) is 17.8. The SMILES string of the molecule is CCOc1ccc(C2=C(Nc3ccccc3C)C(=O)N(c3ccc(C#N)cc3)C2=O)cc1. The van der Waals surface area contributed by atoms with Crippen molar-refractivity contribution in [3.05, 3.63) is 95.2 Å². The average Bonchev–Trinajstić information content (AvgIpc) is 3.05. The molecule has 0 bridgehead atoms. The summed E-state index contributed by atoms with van der Waals surface area (Å²) in [6.45, 7) is 4.36. The van der Waals surface area contributed by atoms with Gasteiger partial charge in [0.25, 0.3) is 11.8 Å². The Balaban J connectivity index is 1.79. The van der Waals surface area contributed by atoms with Crippen LogP contribution in [0.4, 0.5) is 11.4 Å². The minimum atomic E-state index is -0.452. The van der Waals surface area contributed by atoms with E-state index in [0.29, 0.717) is 29.2 Å². The molecule has 1 aliphatic heterocycles. The molecule has 0 radical (unpaired) electrons. The number of aryl methyl sites for hydroxylation is 1. The van der Waals surface area contributed by atoms with Crippen molar-refractivity contribution in [2.45, 2.75) is 13.8 Å². The number of amides is 2. The molecule has 0 saturated heterocycles. The van der Waals surface area contributed by atoms with E-state index in [2.05, 4.69) is 5.32 Å². The highest BCUT2D eigenvalue weighted by molar-refractivity contribution is 6.46. The number of para-hydroxylation sites is 1. The summed E-state index contributed by atoms with van der Waals surface area (Å²) in [5, 5.41) is 12.2. The van der Waals surface area contributed by atoms with Crippen LogP contribution >= 0.6 is 0 Å². The van der Waals surface area contributed by atoms with Crippen molar-refractivity contribution in [2.75, 3.05) is 16.8 Å². The number of carbonyl (C=O) groups excluding carboxylic acids is 2. The number of rotatable bonds is 6. The first-order chi connectivity index (χ1) is 15.5. The molecule has 0 saturated carbocycles. The topological polar surface area (TPSA) is 82.4 Å². The quantitative estimate of drug-likeness (QED) is 0.583. The molecule has 1 N–H and O–H groups in total. The molecule has 6 nitrogen and oxygen atoms in total. The van der Waals surface area contributed by atoms with Gasteiger partial charge in [-0.25, -0.2) is 4.90 Å². The number of carbonyl (C=O) groups is 2. The second-order valence-corrected chi connectivity index (χ2v) is 7.25. The van der Waals surface area contributed by atoms with E-state index in [1.165, 1.54) is 0 Å². The lowest BCUT2D eigenvalue weighted by atomic mass is 10.0. The fourth-order valence-electron chi connectivity index (χ4n) is 3.57. The molecule has 0 unspecified atom stereocenters. The third kappa shape index (κ3) is 3.84. The maximum Gasteiger partial charge on any atom is 0.282 e. The first-order valence-electron chi connectivity index (χ1n) is 10.2. The summed E-state index contributed by atoms with van der Waals surface area (Å²) < 4.78 is 5.50. The second-order valence-electron chi connectivity index (χ2n) is 7.25. The van der Waals surface area contributed by atoms with E-state index in [1.807, 2.05) is 44.2 Å². The molecular formula is C26H21N3O3. The third-order valence-corrected chi connectivity index (χ3v) is 5.20. The number of hydrogen-bond donors (Lipinski definition) is 1. The number of nitriles is 1. The number of ether oxygens (including phenoxy) is 1. The van der Waals surface area contributed by atoms with Crippen molar-refractivity contribution in [1.29, 1.82) is 5.26 Å². The molecule has 32 heavy (non-hydrogen) atoms. The van der Waals surface area contributed by atoms with Crippen molar-refractivity contribution < 1.29 is 14.3 Å². The lowest BCUT2D eigenvalue weighted by Crippen LogP contribution is -2.32. The Labute approximate surface area is 186 Å². The van der Waals surface area contributed by atoms with E-state index in [9.17, 15) is 9.59 Å². The Bertz CT molecular complexity index is 1250. The smallest absolute Gasteiger partial charge is 0.282 e. The van der Waals surface area contributed by atoms with Crippen molar-refractivity contribution in [1.82, 2.24) is 0 Å². The summed E-state index contributed by atoms with van der Waals surface area (Å²) in [7, 11) is 0. The number of imide groups is 1. The second kappa shape index (κ2) is 8.78. The predicted molar refractivity (Wildman–Crippen MR) is 123 cm³/mol.